The molecule has 0 saturated heterocycles. The maximum Gasteiger partial charge on any atom is 0.407 e. The summed E-state index contributed by atoms with van der Waals surface area (Å²) >= 11 is 0. The summed E-state index contributed by atoms with van der Waals surface area (Å²) in [5, 5.41) is 2.81. The number of benzene rings is 3. The van der Waals surface area contributed by atoms with E-state index in [1.807, 2.05) is 48.5 Å². The van der Waals surface area contributed by atoms with Crippen molar-refractivity contribution in [3.8, 4) is 11.1 Å². The van der Waals surface area contributed by atoms with E-state index in [1.165, 1.54) is 34.1 Å². The number of ketones is 1. The molecule has 0 heterocycles. The fourth-order valence-electron chi connectivity index (χ4n) is 4.49. The molecule has 1 atom stereocenters. The number of ether oxygens (including phenoxy) is 1. The fourth-order valence-corrected chi connectivity index (χ4v) is 4.49. The summed E-state index contributed by atoms with van der Waals surface area (Å²) < 4.78 is 5.58. The Kier molecular flexibility index (Phi) is 7.07. The van der Waals surface area contributed by atoms with Crippen LogP contribution in [-0.4, -0.2) is 42.9 Å². The van der Waals surface area contributed by atoms with Crippen LogP contribution in [0.2, 0.25) is 0 Å². The molecule has 0 saturated carbocycles. The van der Waals surface area contributed by atoms with Crippen LogP contribution >= 0.6 is 0 Å². The van der Waals surface area contributed by atoms with E-state index >= 15 is 0 Å². The molecule has 2 amide bonds. The second-order valence-corrected chi connectivity index (χ2v) is 8.60. The molecular weight excluding hydrogens is 428 g/mol. The van der Waals surface area contributed by atoms with E-state index in [9.17, 15) is 14.4 Å². The highest BCUT2D eigenvalue weighted by atomic mass is 16.5. The molecule has 0 radical (unpaired) electrons. The summed E-state index contributed by atoms with van der Waals surface area (Å²) in [6, 6.07) is 23.6. The van der Waals surface area contributed by atoms with Gasteiger partial charge in [0, 0.05) is 19.5 Å². The van der Waals surface area contributed by atoms with Crippen molar-refractivity contribution in [2.24, 2.45) is 0 Å². The van der Waals surface area contributed by atoms with Gasteiger partial charge in [-0.3, -0.25) is 9.59 Å². The third kappa shape index (κ3) is 5.01. The summed E-state index contributed by atoms with van der Waals surface area (Å²) in [4.78, 5) is 36.6. The van der Waals surface area contributed by atoms with Crippen LogP contribution in [0.1, 0.15) is 35.1 Å². The minimum atomic E-state index is -0.484. The normalized spacial score (nSPS) is 12.9. The van der Waals surface area contributed by atoms with Crippen molar-refractivity contribution in [3.05, 3.63) is 95.1 Å². The molecule has 3 aromatic carbocycles. The Morgan fingerprint density at radius 2 is 1.50 bits per heavy atom. The highest BCUT2D eigenvalue weighted by molar-refractivity contribution is 5.83. The van der Waals surface area contributed by atoms with E-state index < -0.39 is 12.1 Å². The van der Waals surface area contributed by atoms with Crippen molar-refractivity contribution in [2.45, 2.75) is 31.8 Å². The largest absolute Gasteiger partial charge is 0.449 e. The molecule has 4 rings (SSSR count). The van der Waals surface area contributed by atoms with Crippen molar-refractivity contribution in [2.75, 3.05) is 13.7 Å². The molecule has 6 nitrogen and oxygen atoms in total. The molecular formula is C28H28N2O4. The quantitative estimate of drug-likeness (QED) is 0.487. The van der Waals surface area contributed by atoms with Crippen LogP contribution in [0.4, 0.5) is 4.79 Å². The molecule has 174 valence electrons. The number of rotatable bonds is 9. The van der Waals surface area contributed by atoms with Gasteiger partial charge in [0.05, 0.1) is 6.04 Å². The van der Waals surface area contributed by atoms with Gasteiger partial charge >= 0.3 is 6.09 Å². The zero-order valence-corrected chi connectivity index (χ0v) is 19.4. The number of carbonyl (C=O) groups is 3. The van der Waals surface area contributed by atoms with Crippen molar-refractivity contribution in [3.63, 3.8) is 0 Å². The predicted octanol–water partition coefficient (Wildman–Crippen LogP) is 4.31. The maximum absolute atomic E-state index is 12.4. The summed E-state index contributed by atoms with van der Waals surface area (Å²) in [6.45, 7) is 2.09. The van der Waals surface area contributed by atoms with Gasteiger partial charge in [0.1, 0.15) is 6.61 Å². The highest BCUT2D eigenvalue weighted by Gasteiger charge is 2.29. The lowest BCUT2D eigenvalue weighted by Gasteiger charge is -2.22. The number of Topliss-reactive ketones (excluding diaryl/α,β-unsaturated/α-hetero) is 1. The van der Waals surface area contributed by atoms with Crippen LogP contribution < -0.4 is 5.32 Å². The van der Waals surface area contributed by atoms with Gasteiger partial charge in [-0.05, 0) is 46.7 Å². The smallest absolute Gasteiger partial charge is 0.407 e. The van der Waals surface area contributed by atoms with Gasteiger partial charge in [0.15, 0.2) is 5.78 Å². The molecule has 0 fully saturated rings. The molecule has 0 aromatic heterocycles. The summed E-state index contributed by atoms with van der Waals surface area (Å²) in [6.07, 6.45) is 0.652. The molecule has 34 heavy (non-hydrogen) atoms. The Morgan fingerprint density at radius 3 is 2.06 bits per heavy atom. The van der Waals surface area contributed by atoms with Gasteiger partial charge in [-0.15, -0.1) is 0 Å². The SMILES string of the molecule is CC(=O)[C@H](Cc1ccc(CNC(=O)OCC2c3ccccc3-c3ccccc32)cc1)N(C)C=O. The van der Waals surface area contributed by atoms with Gasteiger partial charge in [-0.1, -0.05) is 72.8 Å². The number of hydrogen-bond acceptors (Lipinski definition) is 4. The Morgan fingerprint density at radius 1 is 0.941 bits per heavy atom. The van der Waals surface area contributed by atoms with Crippen molar-refractivity contribution >= 4 is 18.3 Å². The Hall–Kier alpha value is -3.93. The third-order valence-electron chi connectivity index (χ3n) is 6.36. The number of fused-ring (bicyclic) bond motifs is 3. The summed E-state index contributed by atoms with van der Waals surface area (Å²) in [5.74, 6) is -0.0354. The number of alkyl carbamates (subject to hydrolysis) is 1. The van der Waals surface area contributed by atoms with Gasteiger partial charge < -0.3 is 15.0 Å². The van der Waals surface area contributed by atoms with Crippen LogP contribution in [-0.2, 0) is 27.3 Å². The van der Waals surface area contributed by atoms with Crippen LogP contribution in [0.25, 0.3) is 11.1 Å². The topological polar surface area (TPSA) is 75.7 Å². The maximum atomic E-state index is 12.4. The van der Waals surface area contributed by atoms with E-state index in [0.29, 0.717) is 19.4 Å². The average molecular weight is 457 g/mol. The van der Waals surface area contributed by atoms with E-state index in [0.717, 1.165) is 11.1 Å². The second-order valence-electron chi connectivity index (χ2n) is 8.60. The van der Waals surface area contributed by atoms with Gasteiger partial charge in [0.2, 0.25) is 6.41 Å². The zero-order chi connectivity index (χ0) is 24.1. The summed E-state index contributed by atoms with van der Waals surface area (Å²) in [7, 11) is 1.60. The first-order valence-electron chi connectivity index (χ1n) is 11.3. The molecule has 0 bridgehead atoms. The molecule has 0 aliphatic heterocycles. The van der Waals surface area contributed by atoms with E-state index in [-0.39, 0.29) is 18.3 Å². The molecule has 1 aliphatic carbocycles. The molecule has 6 heteroatoms. The van der Waals surface area contributed by atoms with E-state index in [1.54, 1.807) is 7.05 Å². The molecule has 3 aromatic rings. The predicted molar refractivity (Wildman–Crippen MR) is 130 cm³/mol. The zero-order valence-electron chi connectivity index (χ0n) is 19.4. The lowest BCUT2D eigenvalue weighted by atomic mass is 9.98. The molecule has 1 aliphatic rings. The molecule has 1 N–H and O–H groups in total. The van der Waals surface area contributed by atoms with Gasteiger partial charge in [-0.25, -0.2) is 4.79 Å². The highest BCUT2D eigenvalue weighted by Crippen LogP contribution is 2.44. The lowest BCUT2D eigenvalue weighted by molar-refractivity contribution is -0.128. The van der Waals surface area contributed by atoms with Crippen LogP contribution in [0.5, 0.6) is 0 Å². The van der Waals surface area contributed by atoms with Crippen molar-refractivity contribution in [1.82, 2.24) is 10.2 Å². The Labute approximate surface area is 199 Å². The van der Waals surface area contributed by atoms with Crippen LogP contribution in [0.15, 0.2) is 72.8 Å². The number of likely N-dealkylation sites (N-methyl/N-ethyl adjacent to an activating group) is 1. The standard InChI is InChI=1S/C28H28N2O4/c1-19(32)27(30(2)18-31)15-20-11-13-21(14-12-20)16-29-28(33)34-17-26-24-9-5-3-7-22(24)23-8-4-6-10-25(23)26/h3-14,18,26-27H,15-17H2,1-2H3,(H,29,33)/t27-/m0/s1. The van der Waals surface area contributed by atoms with E-state index in [4.69, 9.17) is 4.74 Å². The van der Waals surface area contributed by atoms with Crippen molar-refractivity contribution < 1.29 is 19.1 Å². The number of hydrogen-bond donors (Lipinski definition) is 1. The van der Waals surface area contributed by atoms with Gasteiger partial charge in [0.25, 0.3) is 0 Å². The van der Waals surface area contributed by atoms with Crippen LogP contribution in [0.3, 0.4) is 0 Å². The number of carbonyl (C=O) groups excluding carboxylic acids is 3. The first-order valence-corrected chi connectivity index (χ1v) is 11.3. The number of amides is 2. The van der Waals surface area contributed by atoms with Crippen molar-refractivity contribution in [1.29, 1.82) is 0 Å². The Bertz CT molecular complexity index is 1140. The van der Waals surface area contributed by atoms with Crippen LogP contribution in [0, 0.1) is 0 Å². The lowest BCUT2D eigenvalue weighted by Crippen LogP contribution is -2.38. The molecule has 0 unspecified atom stereocenters. The summed E-state index contributed by atoms with van der Waals surface area (Å²) in [5.41, 5.74) is 6.60. The third-order valence-corrected chi connectivity index (χ3v) is 6.36. The number of nitrogens with one attached hydrogen (secondary N) is 1. The monoisotopic (exact) mass is 456 g/mol. The second kappa shape index (κ2) is 10.3. The molecule has 0 spiro atoms. The first-order chi connectivity index (χ1) is 16.5. The Balaban J connectivity index is 1.31. The first kappa shape index (κ1) is 23.2. The fraction of sp³-hybridized carbons (Fsp3) is 0.250. The number of nitrogens with zero attached hydrogens (tertiary/aromatic N) is 1. The average Bonchev–Trinajstić information content (AvgIpc) is 3.18. The minimum absolute atomic E-state index is 0.0242. The van der Waals surface area contributed by atoms with Gasteiger partial charge in [-0.2, -0.15) is 0 Å². The van der Waals surface area contributed by atoms with E-state index in [2.05, 4.69) is 29.6 Å². The minimum Gasteiger partial charge on any atom is -0.449 e.